The van der Waals surface area contributed by atoms with Crippen LogP contribution in [0.25, 0.3) is 5.69 Å². The number of nitrogens with zero attached hydrogens (tertiary/aromatic N) is 3. The average Bonchev–Trinajstić information content (AvgIpc) is 3.09. The van der Waals surface area contributed by atoms with Crippen molar-refractivity contribution in [2.75, 3.05) is 5.32 Å². The molecule has 144 valence electrons. The van der Waals surface area contributed by atoms with Crippen molar-refractivity contribution in [1.82, 2.24) is 14.8 Å². The van der Waals surface area contributed by atoms with Crippen molar-refractivity contribution in [3.8, 4) is 17.2 Å². The monoisotopic (exact) mass is 404 g/mol. The standard InChI is InChI=1S/C22H17ClN4O2/c1-15-12-21(27(26-15)18-5-2-4-17(23)13-18)25-22(28)16-7-9-19(10-8-16)29-20-6-3-11-24-14-20/h2-14H,1H3,(H,25,28). The third kappa shape index (κ3) is 4.44. The molecule has 0 aliphatic carbocycles. The molecule has 0 unspecified atom stereocenters. The van der Waals surface area contributed by atoms with Crippen molar-refractivity contribution in [3.05, 3.63) is 95.4 Å². The van der Waals surface area contributed by atoms with Crippen LogP contribution >= 0.6 is 11.6 Å². The summed E-state index contributed by atoms with van der Waals surface area (Å²) >= 11 is 6.08. The second kappa shape index (κ2) is 8.16. The summed E-state index contributed by atoms with van der Waals surface area (Å²) in [4.78, 5) is 16.7. The predicted molar refractivity (Wildman–Crippen MR) is 112 cm³/mol. The highest BCUT2D eigenvalue weighted by Crippen LogP contribution is 2.23. The van der Waals surface area contributed by atoms with E-state index in [1.54, 1.807) is 65.6 Å². The third-order valence-corrected chi connectivity index (χ3v) is 4.35. The second-order valence-electron chi connectivity index (χ2n) is 6.33. The Bertz CT molecular complexity index is 1140. The van der Waals surface area contributed by atoms with Crippen LogP contribution in [0.5, 0.6) is 11.5 Å². The minimum absolute atomic E-state index is 0.249. The van der Waals surface area contributed by atoms with Crippen LogP contribution in [-0.4, -0.2) is 20.7 Å². The lowest BCUT2D eigenvalue weighted by atomic mass is 10.2. The lowest BCUT2D eigenvalue weighted by Gasteiger charge is -2.10. The normalized spacial score (nSPS) is 10.6. The highest BCUT2D eigenvalue weighted by Gasteiger charge is 2.13. The molecular formula is C22H17ClN4O2. The van der Waals surface area contributed by atoms with E-state index in [1.165, 1.54) is 0 Å². The number of aromatic nitrogens is 3. The summed E-state index contributed by atoms with van der Waals surface area (Å²) in [6.45, 7) is 1.86. The van der Waals surface area contributed by atoms with Crippen LogP contribution in [0.2, 0.25) is 5.02 Å². The maximum Gasteiger partial charge on any atom is 0.256 e. The molecule has 0 saturated carbocycles. The van der Waals surface area contributed by atoms with Gasteiger partial charge in [-0.15, -0.1) is 0 Å². The van der Waals surface area contributed by atoms with E-state index in [0.717, 1.165) is 11.4 Å². The number of carbonyl (C=O) groups is 1. The smallest absolute Gasteiger partial charge is 0.256 e. The topological polar surface area (TPSA) is 69.0 Å². The second-order valence-corrected chi connectivity index (χ2v) is 6.77. The minimum atomic E-state index is -0.249. The maximum absolute atomic E-state index is 12.7. The van der Waals surface area contributed by atoms with Crippen molar-refractivity contribution >= 4 is 23.3 Å². The SMILES string of the molecule is Cc1cc(NC(=O)c2ccc(Oc3cccnc3)cc2)n(-c2cccc(Cl)c2)n1. The highest BCUT2D eigenvalue weighted by atomic mass is 35.5. The number of pyridine rings is 1. The first-order chi connectivity index (χ1) is 14.1. The largest absolute Gasteiger partial charge is 0.456 e. The van der Waals surface area contributed by atoms with Gasteiger partial charge in [0.05, 0.1) is 17.6 Å². The fourth-order valence-electron chi connectivity index (χ4n) is 2.80. The molecule has 1 N–H and O–H groups in total. The van der Waals surface area contributed by atoms with Crippen molar-refractivity contribution in [2.24, 2.45) is 0 Å². The van der Waals surface area contributed by atoms with E-state index in [1.807, 2.05) is 25.1 Å². The van der Waals surface area contributed by atoms with Gasteiger partial charge >= 0.3 is 0 Å². The number of anilines is 1. The summed E-state index contributed by atoms with van der Waals surface area (Å²) in [7, 11) is 0. The zero-order valence-corrected chi connectivity index (χ0v) is 16.3. The molecule has 0 aliphatic rings. The number of hydrogen-bond acceptors (Lipinski definition) is 4. The van der Waals surface area contributed by atoms with E-state index in [-0.39, 0.29) is 5.91 Å². The van der Waals surface area contributed by atoms with Gasteiger partial charge in [0, 0.05) is 22.8 Å². The number of benzene rings is 2. The molecule has 4 rings (SSSR count). The summed E-state index contributed by atoms with van der Waals surface area (Å²) in [6.07, 6.45) is 3.30. The van der Waals surface area contributed by atoms with E-state index in [4.69, 9.17) is 16.3 Å². The third-order valence-electron chi connectivity index (χ3n) is 4.11. The Morgan fingerprint density at radius 2 is 1.86 bits per heavy atom. The van der Waals surface area contributed by atoms with Gasteiger partial charge in [-0.1, -0.05) is 17.7 Å². The van der Waals surface area contributed by atoms with E-state index in [9.17, 15) is 4.79 Å². The maximum atomic E-state index is 12.7. The molecule has 0 saturated heterocycles. The Morgan fingerprint density at radius 1 is 1.03 bits per heavy atom. The van der Waals surface area contributed by atoms with Gasteiger partial charge in [-0.2, -0.15) is 5.10 Å². The van der Waals surface area contributed by atoms with E-state index >= 15 is 0 Å². The van der Waals surface area contributed by atoms with Crippen LogP contribution in [0.1, 0.15) is 16.1 Å². The summed E-state index contributed by atoms with van der Waals surface area (Å²) < 4.78 is 7.35. The first-order valence-corrected chi connectivity index (χ1v) is 9.28. The van der Waals surface area contributed by atoms with Crippen LogP contribution in [0, 0.1) is 6.92 Å². The Hall–Kier alpha value is -3.64. The van der Waals surface area contributed by atoms with E-state index in [0.29, 0.717) is 27.9 Å². The quantitative estimate of drug-likeness (QED) is 0.491. The van der Waals surface area contributed by atoms with Crippen LogP contribution in [-0.2, 0) is 0 Å². The zero-order chi connectivity index (χ0) is 20.2. The van der Waals surface area contributed by atoms with Gasteiger partial charge in [-0.25, -0.2) is 4.68 Å². The van der Waals surface area contributed by atoms with Gasteiger partial charge in [0.25, 0.3) is 5.91 Å². The molecule has 29 heavy (non-hydrogen) atoms. The number of amides is 1. The van der Waals surface area contributed by atoms with Gasteiger partial charge in [-0.05, 0) is 61.5 Å². The van der Waals surface area contributed by atoms with Crippen LogP contribution in [0.3, 0.4) is 0 Å². The van der Waals surface area contributed by atoms with Crippen molar-refractivity contribution in [1.29, 1.82) is 0 Å². The first-order valence-electron chi connectivity index (χ1n) is 8.90. The number of nitrogens with one attached hydrogen (secondary N) is 1. The lowest BCUT2D eigenvalue weighted by molar-refractivity contribution is 0.102. The van der Waals surface area contributed by atoms with Gasteiger partial charge in [-0.3, -0.25) is 9.78 Å². The predicted octanol–water partition coefficient (Wildman–Crippen LogP) is 5.27. The van der Waals surface area contributed by atoms with Crippen LogP contribution in [0.4, 0.5) is 5.82 Å². The van der Waals surface area contributed by atoms with Crippen molar-refractivity contribution in [3.63, 3.8) is 0 Å². The highest BCUT2D eigenvalue weighted by molar-refractivity contribution is 6.30. The Labute approximate surface area is 172 Å². The van der Waals surface area contributed by atoms with Crippen LogP contribution < -0.4 is 10.1 Å². The summed E-state index contributed by atoms with van der Waals surface area (Å²) in [5.74, 6) is 1.56. The molecule has 1 amide bonds. The number of aryl methyl sites for hydroxylation is 1. The molecule has 0 bridgehead atoms. The number of halogens is 1. The molecule has 7 heteroatoms. The lowest BCUT2D eigenvalue weighted by Crippen LogP contribution is -2.15. The molecule has 2 aromatic heterocycles. The van der Waals surface area contributed by atoms with Gasteiger partial charge in [0.15, 0.2) is 0 Å². The number of rotatable bonds is 5. The Balaban J connectivity index is 1.51. The zero-order valence-electron chi connectivity index (χ0n) is 15.5. The fourth-order valence-corrected chi connectivity index (χ4v) is 2.98. The molecular weight excluding hydrogens is 388 g/mol. The van der Waals surface area contributed by atoms with E-state index < -0.39 is 0 Å². The first kappa shape index (κ1) is 18.7. The number of carbonyl (C=O) groups excluding carboxylic acids is 1. The summed E-state index contributed by atoms with van der Waals surface area (Å²) in [5.41, 5.74) is 2.04. The summed E-state index contributed by atoms with van der Waals surface area (Å²) in [6, 6.07) is 19.6. The van der Waals surface area contributed by atoms with Gasteiger partial charge in [0.2, 0.25) is 0 Å². The number of hydrogen-bond donors (Lipinski definition) is 1. The van der Waals surface area contributed by atoms with Crippen molar-refractivity contribution in [2.45, 2.75) is 6.92 Å². The number of ether oxygens (including phenoxy) is 1. The molecule has 0 spiro atoms. The molecule has 0 atom stereocenters. The molecule has 2 heterocycles. The molecule has 0 aliphatic heterocycles. The Kier molecular flexibility index (Phi) is 5.27. The Morgan fingerprint density at radius 3 is 2.59 bits per heavy atom. The average molecular weight is 405 g/mol. The molecule has 4 aromatic rings. The molecule has 6 nitrogen and oxygen atoms in total. The minimum Gasteiger partial charge on any atom is -0.456 e. The molecule has 2 aromatic carbocycles. The molecule has 0 radical (unpaired) electrons. The van der Waals surface area contributed by atoms with Crippen molar-refractivity contribution < 1.29 is 9.53 Å². The van der Waals surface area contributed by atoms with Crippen LogP contribution in [0.15, 0.2) is 79.1 Å². The summed E-state index contributed by atoms with van der Waals surface area (Å²) in [5, 5.41) is 7.94. The van der Waals surface area contributed by atoms with E-state index in [2.05, 4.69) is 15.4 Å². The van der Waals surface area contributed by atoms with Gasteiger partial charge < -0.3 is 10.1 Å². The fraction of sp³-hybridized carbons (Fsp3) is 0.0455. The molecule has 0 fully saturated rings. The van der Waals surface area contributed by atoms with Gasteiger partial charge in [0.1, 0.15) is 17.3 Å².